The van der Waals surface area contributed by atoms with Crippen LogP contribution in [-0.4, -0.2) is 39.9 Å². The molecular formula is C36H30ClFN2O6. The van der Waals surface area contributed by atoms with Gasteiger partial charge in [-0.15, -0.1) is 0 Å². The molecule has 3 aliphatic rings. The minimum absolute atomic E-state index is 0.0617. The molecule has 1 aromatic heterocycles. The Morgan fingerprint density at radius 1 is 1.09 bits per heavy atom. The van der Waals surface area contributed by atoms with Gasteiger partial charge >= 0.3 is 5.97 Å². The first-order valence-corrected chi connectivity index (χ1v) is 15.7. The first-order valence-electron chi connectivity index (χ1n) is 15.3. The molecule has 3 aliphatic heterocycles. The number of hydrogen-bond donors (Lipinski definition) is 1. The highest BCUT2D eigenvalue weighted by Crippen LogP contribution is 2.50. The second-order valence-electron chi connectivity index (χ2n) is 12.0. The highest BCUT2D eigenvalue weighted by atomic mass is 35.5. The van der Waals surface area contributed by atoms with Crippen LogP contribution in [0.15, 0.2) is 72.8 Å². The van der Waals surface area contributed by atoms with Gasteiger partial charge in [-0.05, 0) is 54.4 Å². The van der Waals surface area contributed by atoms with Crippen LogP contribution < -0.4 is 9.47 Å². The highest BCUT2D eigenvalue weighted by molar-refractivity contribution is 6.30. The lowest BCUT2D eigenvalue weighted by Crippen LogP contribution is -2.39. The van der Waals surface area contributed by atoms with E-state index in [1.54, 1.807) is 37.3 Å². The molecule has 2 unspecified atom stereocenters. The molecule has 8 nitrogen and oxygen atoms in total. The molecule has 234 valence electrons. The summed E-state index contributed by atoms with van der Waals surface area (Å²) in [4.78, 5) is 16.7. The van der Waals surface area contributed by atoms with Gasteiger partial charge in [0.15, 0.2) is 0 Å². The Balaban J connectivity index is 1.19. The molecule has 0 amide bonds. The molecule has 0 spiro atoms. The van der Waals surface area contributed by atoms with Crippen LogP contribution in [0.1, 0.15) is 63.4 Å². The summed E-state index contributed by atoms with van der Waals surface area (Å²) >= 11 is 6.06. The predicted molar refractivity (Wildman–Crippen MR) is 168 cm³/mol. The Labute approximate surface area is 269 Å². The predicted octanol–water partition coefficient (Wildman–Crippen LogP) is 7.21. The quantitative estimate of drug-likeness (QED) is 0.201. The van der Waals surface area contributed by atoms with Crippen LogP contribution in [0.2, 0.25) is 5.02 Å². The van der Waals surface area contributed by atoms with Crippen LogP contribution >= 0.6 is 11.6 Å². The number of carboxylic acids is 1. The Bertz CT molecular complexity index is 2020. The summed E-state index contributed by atoms with van der Waals surface area (Å²) in [6.07, 6.45) is 1.64. The number of nitrogens with zero attached hydrogens (tertiary/aromatic N) is 2. The van der Waals surface area contributed by atoms with E-state index in [2.05, 4.69) is 10.6 Å². The maximum Gasteiger partial charge on any atom is 0.335 e. The number of hydrogen-bond acceptors (Lipinski definition) is 6. The number of para-hydroxylation sites is 1. The molecule has 1 N–H and O–H groups in total. The van der Waals surface area contributed by atoms with E-state index >= 15 is 4.39 Å². The van der Waals surface area contributed by atoms with Crippen molar-refractivity contribution < 1.29 is 33.2 Å². The summed E-state index contributed by atoms with van der Waals surface area (Å²) in [6, 6.07) is 21.2. The zero-order valence-corrected chi connectivity index (χ0v) is 25.7. The van der Waals surface area contributed by atoms with E-state index in [-0.39, 0.29) is 22.3 Å². The summed E-state index contributed by atoms with van der Waals surface area (Å²) < 4.78 is 42.3. The van der Waals surface area contributed by atoms with Crippen molar-refractivity contribution in [2.45, 2.75) is 50.7 Å². The lowest BCUT2D eigenvalue weighted by atomic mass is 9.92. The largest absolute Gasteiger partial charge is 0.493 e. The van der Waals surface area contributed by atoms with Gasteiger partial charge in [0.05, 0.1) is 41.4 Å². The minimum Gasteiger partial charge on any atom is -0.493 e. The first-order chi connectivity index (χ1) is 22.3. The van der Waals surface area contributed by atoms with Crippen LogP contribution in [0, 0.1) is 5.82 Å². The fraction of sp³-hybridized carbons (Fsp3) is 0.278. The molecule has 1 saturated heterocycles. The van der Waals surface area contributed by atoms with Gasteiger partial charge in [-0.2, -0.15) is 0 Å². The van der Waals surface area contributed by atoms with Crippen LogP contribution in [0.4, 0.5) is 4.39 Å². The summed E-state index contributed by atoms with van der Waals surface area (Å²) in [5.74, 6) is -0.756. The van der Waals surface area contributed by atoms with E-state index in [9.17, 15) is 9.90 Å². The third-order valence-electron chi connectivity index (χ3n) is 9.14. The fourth-order valence-electron chi connectivity index (χ4n) is 6.72. The van der Waals surface area contributed by atoms with Crippen molar-refractivity contribution in [2.24, 2.45) is 0 Å². The summed E-state index contributed by atoms with van der Waals surface area (Å²) in [5, 5.41) is 9.92. The molecule has 0 saturated carbocycles. The van der Waals surface area contributed by atoms with Crippen molar-refractivity contribution in [2.75, 3.05) is 13.2 Å². The van der Waals surface area contributed by atoms with E-state index in [0.717, 1.165) is 57.9 Å². The molecule has 0 bridgehead atoms. The zero-order chi connectivity index (χ0) is 31.6. The number of carbonyl (C=O) groups is 1. The summed E-state index contributed by atoms with van der Waals surface area (Å²) in [7, 11) is 0. The van der Waals surface area contributed by atoms with Gasteiger partial charge in [-0.1, -0.05) is 41.9 Å². The van der Waals surface area contributed by atoms with Crippen LogP contribution in [0.25, 0.3) is 11.0 Å². The lowest BCUT2D eigenvalue weighted by Gasteiger charge is -2.41. The molecule has 46 heavy (non-hydrogen) atoms. The highest BCUT2D eigenvalue weighted by Gasteiger charge is 2.43. The van der Waals surface area contributed by atoms with Gasteiger partial charge in [-0.25, -0.2) is 14.2 Å². The number of ether oxygens (including phenoxy) is 4. The van der Waals surface area contributed by atoms with E-state index in [1.165, 1.54) is 6.07 Å². The fourth-order valence-corrected chi connectivity index (χ4v) is 6.88. The third-order valence-corrected chi connectivity index (χ3v) is 9.38. The third kappa shape index (κ3) is 4.90. The van der Waals surface area contributed by atoms with E-state index in [1.807, 2.05) is 30.3 Å². The molecule has 10 heteroatoms. The molecule has 3 atom stereocenters. The Hall–Kier alpha value is -4.44. The van der Waals surface area contributed by atoms with Crippen molar-refractivity contribution >= 4 is 28.6 Å². The monoisotopic (exact) mass is 640 g/mol. The molecule has 4 aromatic carbocycles. The molecule has 1 fully saturated rings. The average molecular weight is 641 g/mol. The van der Waals surface area contributed by atoms with Crippen molar-refractivity contribution in [1.29, 1.82) is 0 Å². The number of fused-ring (bicyclic) bond motifs is 3. The van der Waals surface area contributed by atoms with E-state index in [0.29, 0.717) is 31.7 Å². The molecule has 4 heterocycles. The van der Waals surface area contributed by atoms with Gasteiger partial charge in [0, 0.05) is 48.1 Å². The normalized spacial score (nSPS) is 21.6. The van der Waals surface area contributed by atoms with Crippen molar-refractivity contribution in [1.82, 2.24) is 9.55 Å². The molecule has 8 rings (SSSR count). The first kappa shape index (κ1) is 29.0. The van der Waals surface area contributed by atoms with Crippen LogP contribution in [0.3, 0.4) is 0 Å². The van der Waals surface area contributed by atoms with E-state index in [4.69, 9.17) is 35.5 Å². The second kappa shape index (κ2) is 11.1. The van der Waals surface area contributed by atoms with Gasteiger partial charge in [0.1, 0.15) is 29.2 Å². The van der Waals surface area contributed by atoms with E-state index < -0.39 is 23.7 Å². The number of aromatic carboxylic acids is 1. The topological polar surface area (TPSA) is 92.0 Å². The lowest BCUT2D eigenvalue weighted by molar-refractivity contribution is -0.219. The smallest absolute Gasteiger partial charge is 0.335 e. The van der Waals surface area contributed by atoms with Gasteiger partial charge in [0.25, 0.3) is 0 Å². The Morgan fingerprint density at radius 3 is 2.72 bits per heavy atom. The SMILES string of the molecule is CC1(c2ccc(Cl)cc2F)Oc2ccccc2C(c2ccc(Cc3nc4ccc(C(=O)O)cc4n3C[C@@H]3CCO3)c3c2OCC3)O1. The summed E-state index contributed by atoms with van der Waals surface area (Å²) in [5.41, 5.74) is 5.75. The number of halogens is 2. The second-order valence-corrected chi connectivity index (χ2v) is 12.5. The van der Waals surface area contributed by atoms with Crippen LogP contribution in [-0.2, 0) is 34.6 Å². The Kier molecular flexibility index (Phi) is 7.01. The summed E-state index contributed by atoms with van der Waals surface area (Å²) in [6.45, 7) is 3.55. The van der Waals surface area contributed by atoms with Crippen molar-refractivity contribution in [3.63, 3.8) is 0 Å². The number of rotatable bonds is 7. The maximum absolute atomic E-state index is 15.2. The van der Waals surface area contributed by atoms with Gasteiger partial charge in [0.2, 0.25) is 5.79 Å². The minimum atomic E-state index is -1.43. The zero-order valence-electron chi connectivity index (χ0n) is 25.0. The maximum atomic E-state index is 15.2. The number of imidazole rings is 1. The number of benzene rings is 4. The molecule has 0 radical (unpaired) electrons. The van der Waals surface area contributed by atoms with Gasteiger partial charge in [-0.3, -0.25) is 0 Å². The molecular weight excluding hydrogens is 611 g/mol. The van der Waals surface area contributed by atoms with Crippen LogP contribution in [0.5, 0.6) is 11.5 Å². The van der Waals surface area contributed by atoms with Crippen molar-refractivity contribution in [3.05, 3.63) is 123 Å². The Morgan fingerprint density at radius 2 is 1.93 bits per heavy atom. The molecule has 5 aromatic rings. The van der Waals surface area contributed by atoms with Gasteiger partial charge < -0.3 is 28.6 Å². The number of aromatic nitrogens is 2. The molecule has 0 aliphatic carbocycles. The number of carboxylic acid groups (broad SMARTS) is 1. The average Bonchev–Trinajstić information content (AvgIpc) is 3.63. The van der Waals surface area contributed by atoms with Crippen molar-refractivity contribution in [3.8, 4) is 11.5 Å². The standard InChI is InChI=1S/C36H30ClFN2O6/c1-36(27-10-8-22(37)18-28(27)38)45-31-5-3-2-4-25(31)34(46-36)26-9-6-20(24-13-15-44-33(24)26)17-32-39-29-11-7-21(35(41)42)16-30(29)40(32)19-23-12-14-43-23/h2-11,16,18,23,34H,12-15,17,19H2,1H3,(H,41,42)/t23-,34?,36?/m0/s1.